The maximum absolute atomic E-state index is 13.0. The summed E-state index contributed by atoms with van der Waals surface area (Å²) in [5.41, 5.74) is 1.36. The molecule has 2 aromatic heterocycles. The Morgan fingerprint density at radius 1 is 1.36 bits per heavy atom. The van der Waals surface area contributed by atoms with Crippen molar-refractivity contribution in [3.05, 3.63) is 22.6 Å². The van der Waals surface area contributed by atoms with Gasteiger partial charge in [-0.25, -0.2) is 9.97 Å². The Hall–Kier alpha value is -1.29. The highest BCUT2D eigenvalue weighted by atomic mass is 79.9. The lowest BCUT2D eigenvalue weighted by atomic mass is 10.1. The molecule has 1 N–H and O–H groups in total. The van der Waals surface area contributed by atoms with Gasteiger partial charge in [-0.05, 0) is 61.0 Å². The number of carbonyl (C=O) groups excluding carboxylic acids is 1. The molecule has 0 bridgehead atoms. The Morgan fingerprint density at radius 3 is 2.75 bits per heavy atom. The Kier molecular flexibility index (Phi) is 6.90. The van der Waals surface area contributed by atoms with Gasteiger partial charge in [-0.3, -0.25) is 9.36 Å². The number of aromatic nitrogens is 3. The summed E-state index contributed by atoms with van der Waals surface area (Å²) >= 11 is 3.43. The number of amides is 1. The SMILES string of the molecule is CN1CCC(NC(=O)c2nc3cc(Br)cnc3n2COCC[Si](C)(C)C)CC1. The van der Waals surface area contributed by atoms with E-state index in [4.69, 9.17) is 4.74 Å². The highest BCUT2D eigenvalue weighted by molar-refractivity contribution is 9.10. The van der Waals surface area contributed by atoms with Crippen LogP contribution in [0.15, 0.2) is 16.7 Å². The number of nitrogens with zero attached hydrogens (tertiary/aromatic N) is 4. The predicted octanol–water partition coefficient (Wildman–Crippen LogP) is 3.33. The fraction of sp³-hybridized carbons (Fsp3) is 0.632. The van der Waals surface area contributed by atoms with E-state index in [0.29, 0.717) is 23.6 Å². The van der Waals surface area contributed by atoms with E-state index in [2.05, 4.69) is 62.8 Å². The highest BCUT2D eigenvalue weighted by Gasteiger charge is 2.24. The van der Waals surface area contributed by atoms with Crippen LogP contribution in [-0.4, -0.2) is 66.2 Å². The van der Waals surface area contributed by atoms with E-state index in [1.54, 1.807) is 10.8 Å². The molecule has 0 unspecified atom stereocenters. The molecular weight excluding hydrogens is 438 g/mol. The minimum absolute atomic E-state index is 0.155. The van der Waals surface area contributed by atoms with Gasteiger partial charge < -0.3 is 15.0 Å². The third kappa shape index (κ3) is 5.62. The topological polar surface area (TPSA) is 72.3 Å². The van der Waals surface area contributed by atoms with Crippen LogP contribution >= 0.6 is 15.9 Å². The number of fused-ring (bicyclic) bond motifs is 1. The van der Waals surface area contributed by atoms with Gasteiger partial charge in [0.2, 0.25) is 5.82 Å². The average molecular weight is 468 g/mol. The molecule has 1 fully saturated rings. The first-order valence-electron chi connectivity index (χ1n) is 9.82. The van der Waals surface area contributed by atoms with Gasteiger partial charge in [0.05, 0.1) is 0 Å². The molecule has 28 heavy (non-hydrogen) atoms. The molecular formula is C19H30BrN5O2Si. The Labute approximate surface area is 176 Å². The predicted molar refractivity (Wildman–Crippen MR) is 117 cm³/mol. The van der Waals surface area contributed by atoms with Crippen molar-refractivity contribution in [3.8, 4) is 0 Å². The molecule has 154 valence electrons. The first-order chi connectivity index (χ1) is 13.2. The molecule has 2 aromatic rings. The van der Waals surface area contributed by atoms with Gasteiger partial charge in [0.1, 0.15) is 12.2 Å². The highest BCUT2D eigenvalue weighted by Crippen LogP contribution is 2.20. The third-order valence-corrected chi connectivity index (χ3v) is 7.16. The zero-order chi connectivity index (χ0) is 20.3. The zero-order valence-electron chi connectivity index (χ0n) is 17.2. The molecule has 7 nitrogen and oxygen atoms in total. The van der Waals surface area contributed by atoms with Crippen LogP contribution in [0.2, 0.25) is 25.7 Å². The van der Waals surface area contributed by atoms with E-state index in [1.165, 1.54) is 0 Å². The van der Waals surface area contributed by atoms with E-state index >= 15 is 0 Å². The van der Waals surface area contributed by atoms with Crippen LogP contribution in [0.5, 0.6) is 0 Å². The number of piperidine rings is 1. The fourth-order valence-corrected chi connectivity index (χ4v) is 4.29. The molecule has 1 saturated heterocycles. The van der Waals surface area contributed by atoms with E-state index in [1.807, 2.05) is 6.07 Å². The molecule has 0 saturated carbocycles. The Bertz CT molecular complexity index is 828. The minimum atomic E-state index is -1.17. The second-order valence-corrected chi connectivity index (χ2v) is 15.3. The quantitative estimate of drug-likeness (QED) is 0.499. The van der Waals surface area contributed by atoms with Crippen LogP contribution in [0.4, 0.5) is 0 Å². The molecule has 1 aliphatic heterocycles. The van der Waals surface area contributed by atoms with Gasteiger partial charge in [0, 0.05) is 31.4 Å². The lowest BCUT2D eigenvalue weighted by molar-refractivity contribution is 0.0783. The second-order valence-electron chi connectivity index (χ2n) is 8.76. The number of likely N-dealkylation sites (tertiary alicyclic amines) is 1. The van der Waals surface area contributed by atoms with Crippen molar-refractivity contribution in [2.45, 2.75) is 51.3 Å². The normalized spacial score (nSPS) is 16.6. The smallest absolute Gasteiger partial charge is 0.287 e. The van der Waals surface area contributed by atoms with Crippen molar-refractivity contribution in [2.24, 2.45) is 0 Å². The van der Waals surface area contributed by atoms with Gasteiger partial charge in [0.15, 0.2) is 5.65 Å². The maximum atomic E-state index is 13.0. The van der Waals surface area contributed by atoms with Crippen LogP contribution in [-0.2, 0) is 11.5 Å². The van der Waals surface area contributed by atoms with E-state index in [-0.39, 0.29) is 18.7 Å². The zero-order valence-corrected chi connectivity index (χ0v) is 19.8. The first-order valence-corrected chi connectivity index (χ1v) is 14.3. The van der Waals surface area contributed by atoms with E-state index in [0.717, 1.165) is 36.4 Å². The van der Waals surface area contributed by atoms with Gasteiger partial charge >= 0.3 is 0 Å². The van der Waals surface area contributed by atoms with Crippen molar-refractivity contribution < 1.29 is 9.53 Å². The number of hydrogen-bond donors (Lipinski definition) is 1. The first kappa shape index (κ1) is 21.4. The second kappa shape index (κ2) is 9.02. The van der Waals surface area contributed by atoms with Gasteiger partial charge in [-0.15, -0.1) is 0 Å². The number of rotatable bonds is 7. The molecule has 0 aromatic carbocycles. The van der Waals surface area contributed by atoms with E-state index in [9.17, 15) is 4.79 Å². The fourth-order valence-electron chi connectivity index (χ4n) is 3.22. The maximum Gasteiger partial charge on any atom is 0.287 e. The molecule has 1 aliphatic rings. The number of nitrogens with one attached hydrogen (secondary N) is 1. The summed E-state index contributed by atoms with van der Waals surface area (Å²) in [6.07, 6.45) is 3.64. The van der Waals surface area contributed by atoms with Gasteiger partial charge in [0.25, 0.3) is 5.91 Å². The van der Waals surface area contributed by atoms with Crippen molar-refractivity contribution in [1.82, 2.24) is 24.8 Å². The molecule has 0 atom stereocenters. The third-order valence-electron chi connectivity index (χ3n) is 5.03. The number of pyridine rings is 1. The molecule has 1 amide bonds. The molecule has 0 radical (unpaired) electrons. The van der Waals surface area contributed by atoms with Crippen LogP contribution in [0.1, 0.15) is 23.5 Å². The van der Waals surface area contributed by atoms with Crippen molar-refractivity contribution in [3.63, 3.8) is 0 Å². The summed E-state index contributed by atoms with van der Waals surface area (Å²) in [5, 5.41) is 3.15. The average Bonchev–Trinajstić information content (AvgIpc) is 2.97. The van der Waals surface area contributed by atoms with Crippen molar-refractivity contribution in [2.75, 3.05) is 26.7 Å². The van der Waals surface area contributed by atoms with Crippen LogP contribution in [0.25, 0.3) is 11.2 Å². The molecule has 3 rings (SSSR count). The lowest BCUT2D eigenvalue weighted by Crippen LogP contribution is -2.44. The number of ether oxygens (including phenoxy) is 1. The molecule has 0 aliphatic carbocycles. The Morgan fingerprint density at radius 2 is 2.07 bits per heavy atom. The summed E-state index contributed by atoms with van der Waals surface area (Å²) < 4.78 is 8.53. The summed E-state index contributed by atoms with van der Waals surface area (Å²) in [7, 11) is 0.944. The van der Waals surface area contributed by atoms with Crippen molar-refractivity contribution >= 4 is 41.1 Å². The monoisotopic (exact) mass is 467 g/mol. The van der Waals surface area contributed by atoms with Crippen molar-refractivity contribution in [1.29, 1.82) is 0 Å². The van der Waals surface area contributed by atoms with Gasteiger partial charge in [-0.1, -0.05) is 19.6 Å². The summed E-state index contributed by atoms with van der Waals surface area (Å²) in [6, 6.07) is 3.15. The molecule has 0 spiro atoms. The minimum Gasteiger partial charge on any atom is -0.361 e. The summed E-state index contributed by atoms with van der Waals surface area (Å²) in [4.78, 5) is 24.3. The summed E-state index contributed by atoms with van der Waals surface area (Å²) in [6.45, 7) is 9.92. The Balaban J connectivity index is 1.76. The summed E-state index contributed by atoms with van der Waals surface area (Å²) in [5.74, 6) is 0.213. The van der Waals surface area contributed by atoms with Crippen LogP contribution in [0.3, 0.4) is 0 Å². The lowest BCUT2D eigenvalue weighted by Gasteiger charge is -2.29. The number of halogens is 1. The van der Waals surface area contributed by atoms with Crippen LogP contribution < -0.4 is 5.32 Å². The standard InChI is InChI=1S/C19H30BrN5O2Si/c1-24-7-5-15(6-8-24)22-19(26)18-23-16-11-14(20)12-21-17(16)25(18)13-27-9-10-28(2,3)4/h11-12,15H,5-10,13H2,1-4H3,(H,22,26). The number of imidazole rings is 1. The molecule has 9 heteroatoms. The largest absolute Gasteiger partial charge is 0.361 e. The van der Waals surface area contributed by atoms with E-state index < -0.39 is 8.07 Å². The molecule has 3 heterocycles. The van der Waals surface area contributed by atoms with Crippen LogP contribution in [0, 0.1) is 0 Å². The number of hydrogen-bond acceptors (Lipinski definition) is 5. The number of carbonyl (C=O) groups is 1. The van der Waals surface area contributed by atoms with Gasteiger partial charge in [-0.2, -0.15) is 0 Å².